The van der Waals surface area contributed by atoms with Crippen LogP contribution < -0.4 is 0 Å². The van der Waals surface area contributed by atoms with Crippen LogP contribution in [-0.2, 0) is 4.74 Å². The number of benzene rings is 1. The number of nitrogens with zero attached hydrogens (tertiary/aromatic N) is 4. The molecule has 1 aromatic carbocycles. The first-order valence-electron chi connectivity index (χ1n) is 10.3. The van der Waals surface area contributed by atoms with Gasteiger partial charge in [-0.05, 0) is 23.6 Å². The smallest absolute Gasteiger partial charge is 0.320 e. The van der Waals surface area contributed by atoms with Crippen LogP contribution in [0, 0.1) is 17.7 Å². The number of carbonyl (C=O) groups excluding carboxylic acids is 1. The van der Waals surface area contributed by atoms with Crippen LogP contribution in [0.25, 0.3) is 0 Å². The molecule has 3 aliphatic heterocycles. The van der Waals surface area contributed by atoms with Gasteiger partial charge >= 0.3 is 6.03 Å². The summed E-state index contributed by atoms with van der Waals surface area (Å²) in [6.07, 6.45) is 0. The predicted molar refractivity (Wildman–Crippen MR) is 106 cm³/mol. The van der Waals surface area contributed by atoms with Gasteiger partial charge in [0.1, 0.15) is 5.82 Å². The minimum absolute atomic E-state index is 0.0172. The number of hydrogen-bond acceptors (Lipinski definition) is 4. The average Bonchev–Trinajstić information content (AvgIpc) is 3.23. The second-order valence-electron chi connectivity index (χ2n) is 8.47. The minimum atomic E-state index is -0.236. The van der Waals surface area contributed by atoms with Crippen LogP contribution in [0.15, 0.2) is 24.3 Å². The van der Waals surface area contributed by atoms with E-state index >= 15 is 0 Å². The number of carbonyl (C=O) groups is 1. The van der Waals surface area contributed by atoms with Crippen LogP contribution in [-0.4, -0.2) is 98.8 Å². The van der Waals surface area contributed by atoms with Gasteiger partial charge in [0.15, 0.2) is 0 Å². The number of hydrogen-bond donors (Lipinski definition) is 0. The van der Waals surface area contributed by atoms with Crippen molar-refractivity contribution >= 4 is 6.03 Å². The summed E-state index contributed by atoms with van der Waals surface area (Å²) >= 11 is 0. The summed E-state index contributed by atoms with van der Waals surface area (Å²) in [7, 11) is 3.57. The maximum atomic E-state index is 13.9. The molecule has 0 saturated carbocycles. The van der Waals surface area contributed by atoms with Crippen molar-refractivity contribution in [3.8, 4) is 0 Å². The van der Waals surface area contributed by atoms with E-state index in [0.29, 0.717) is 11.8 Å². The lowest BCUT2D eigenvalue weighted by Crippen LogP contribution is -2.43. The van der Waals surface area contributed by atoms with Gasteiger partial charge in [-0.1, -0.05) is 12.1 Å². The van der Waals surface area contributed by atoms with Gasteiger partial charge in [-0.2, -0.15) is 0 Å². The molecule has 3 aliphatic rings. The molecule has 2 amide bonds. The Balaban J connectivity index is 1.46. The molecule has 3 atom stereocenters. The molecule has 0 spiro atoms. The van der Waals surface area contributed by atoms with E-state index in [-0.39, 0.29) is 17.9 Å². The molecule has 154 valence electrons. The van der Waals surface area contributed by atoms with Gasteiger partial charge in [-0.25, -0.2) is 9.18 Å². The highest BCUT2D eigenvalue weighted by Crippen LogP contribution is 2.45. The summed E-state index contributed by atoms with van der Waals surface area (Å²) in [4.78, 5) is 21.3. The lowest BCUT2D eigenvalue weighted by atomic mass is 9.89. The molecule has 0 radical (unpaired) electrons. The summed E-state index contributed by atoms with van der Waals surface area (Å²) in [5.41, 5.74) is 0.915. The van der Waals surface area contributed by atoms with Crippen LogP contribution in [0.4, 0.5) is 9.18 Å². The molecule has 0 aliphatic carbocycles. The highest BCUT2D eigenvalue weighted by molar-refractivity contribution is 5.75. The van der Waals surface area contributed by atoms with E-state index in [0.717, 1.165) is 64.6 Å². The van der Waals surface area contributed by atoms with Gasteiger partial charge in [-0.3, -0.25) is 4.90 Å². The zero-order valence-corrected chi connectivity index (χ0v) is 16.9. The summed E-state index contributed by atoms with van der Waals surface area (Å²) in [5, 5.41) is 0. The Morgan fingerprint density at radius 1 is 1.14 bits per heavy atom. The summed E-state index contributed by atoms with van der Waals surface area (Å²) in [6, 6.07) is 6.74. The third-order valence-corrected chi connectivity index (χ3v) is 6.39. The second-order valence-corrected chi connectivity index (χ2v) is 8.47. The zero-order chi connectivity index (χ0) is 19.7. The summed E-state index contributed by atoms with van der Waals surface area (Å²) in [5.74, 6) is 0.567. The molecule has 4 rings (SSSR count). The maximum absolute atomic E-state index is 13.9. The highest BCUT2D eigenvalue weighted by Gasteiger charge is 2.49. The van der Waals surface area contributed by atoms with E-state index < -0.39 is 0 Å². The Morgan fingerprint density at radius 2 is 1.89 bits per heavy atom. The SMILES string of the molecule is CN(C)C(=O)N1C[C@H]2CN(CCN3CCOCC3)C[C@H]2[C@@H]1c1cccc(F)c1. The monoisotopic (exact) mass is 390 g/mol. The molecule has 28 heavy (non-hydrogen) atoms. The van der Waals surface area contributed by atoms with Crippen molar-refractivity contribution in [1.29, 1.82) is 0 Å². The van der Waals surface area contributed by atoms with Crippen molar-refractivity contribution in [1.82, 2.24) is 19.6 Å². The standard InChI is InChI=1S/C21H31FN4O2/c1-23(2)21(27)26-14-17-13-25(7-6-24-8-10-28-11-9-24)15-19(17)20(26)16-4-3-5-18(22)12-16/h3-5,12,17,19-20H,6-11,13-15H2,1-2H3/t17-,19-,20+/m1/s1. The topological polar surface area (TPSA) is 39.3 Å². The first-order valence-corrected chi connectivity index (χ1v) is 10.3. The van der Waals surface area contributed by atoms with Crippen LogP contribution in [0.2, 0.25) is 0 Å². The molecule has 0 unspecified atom stereocenters. The molecule has 6 nitrogen and oxygen atoms in total. The Labute approximate surface area is 166 Å². The fourth-order valence-corrected chi connectivity index (χ4v) is 5.00. The van der Waals surface area contributed by atoms with Crippen molar-refractivity contribution < 1.29 is 13.9 Å². The maximum Gasteiger partial charge on any atom is 0.320 e. The van der Waals surface area contributed by atoms with Gasteiger partial charge in [0.2, 0.25) is 0 Å². The van der Waals surface area contributed by atoms with Gasteiger partial charge in [0, 0.05) is 65.8 Å². The van der Waals surface area contributed by atoms with Gasteiger partial charge < -0.3 is 19.4 Å². The predicted octanol–water partition coefficient (Wildman–Crippen LogP) is 1.74. The Hall–Kier alpha value is -1.70. The lowest BCUT2D eigenvalue weighted by molar-refractivity contribution is 0.0338. The fraction of sp³-hybridized carbons (Fsp3) is 0.667. The Kier molecular flexibility index (Phi) is 5.85. The molecule has 0 N–H and O–H groups in total. The number of halogens is 1. The first-order chi connectivity index (χ1) is 13.5. The second kappa shape index (κ2) is 8.35. The van der Waals surface area contributed by atoms with E-state index in [2.05, 4.69) is 9.80 Å². The van der Waals surface area contributed by atoms with E-state index in [1.807, 2.05) is 11.0 Å². The lowest BCUT2D eigenvalue weighted by Gasteiger charge is -2.32. The molecule has 1 aromatic rings. The van der Waals surface area contributed by atoms with Crippen LogP contribution in [0.1, 0.15) is 11.6 Å². The number of ether oxygens (including phenoxy) is 1. The first kappa shape index (κ1) is 19.6. The summed E-state index contributed by atoms with van der Waals surface area (Å²) < 4.78 is 19.3. The molecular formula is C21H31FN4O2. The van der Waals surface area contributed by atoms with Crippen LogP contribution in [0.3, 0.4) is 0 Å². The molecule has 7 heteroatoms. The van der Waals surface area contributed by atoms with Gasteiger partial charge in [-0.15, -0.1) is 0 Å². The number of morpholine rings is 1. The van der Waals surface area contributed by atoms with E-state index in [9.17, 15) is 9.18 Å². The van der Waals surface area contributed by atoms with E-state index in [4.69, 9.17) is 4.74 Å². The zero-order valence-electron chi connectivity index (χ0n) is 16.9. The van der Waals surface area contributed by atoms with E-state index in [1.165, 1.54) is 6.07 Å². The van der Waals surface area contributed by atoms with Gasteiger partial charge in [0.05, 0.1) is 19.3 Å². The number of fused-ring (bicyclic) bond motifs is 1. The van der Waals surface area contributed by atoms with Gasteiger partial charge in [0.25, 0.3) is 0 Å². The highest BCUT2D eigenvalue weighted by atomic mass is 19.1. The quantitative estimate of drug-likeness (QED) is 0.785. The van der Waals surface area contributed by atoms with Crippen molar-refractivity contribution in [2.24, 2.45) is 11.8 Å². The van der Waals surface area contributed by atoms with Crippen LogP contribution >= 0.6 is 0 Å². The number of amides is 2. The average molecular weight is 391 g/mol. The molecule has 0 aromatic heterocycles. The van der Waals surface area contributed by atoms with Crippen molar-refractivity contribution in [2.45, 2.75) is 6.04 Å². The van der Waals surface area contributed by atoms with Crippen molar-refractivity contribution in [3.63, 3.8) is 0 Å². The molecule has 0 bridgehead atoms. The third kappa shape index (κ3) is 4.02. The third-order valence-electron chi connectivity index (χ3n) is 6.39. The molecule has 3 fully saturated rings. The number of likely N-dealkylation sites (tertiary alicyclic amines) is 2. The van der Waals surface area contributed by atoms with Crippen molar-refractivity contribution in [2.75, 3.05) is 73.1 Å². The normalized spacial score (nSPS) is 28.5. The summed E-state index contributed by atoms with van der Waals surface area (Å²) in [6.45, 7) is 8.51. The fourth-order valence-electron chi connectivity index (χ4n) is 5.00. The Morgan fingerprint density at radius 3 is 2.61 bits per heavy atom. The Bertz CT molecular complexity index is 695. The van der Waals surface area contributed by atoms with Crippen LogP contribution in [0.5, 0.6) is 0 Å². The minimum Gasteiger partial charge on any atom is -0.379 e. The molecular weight excluding hydrogens is 359 g/mol. The largest absolute Gasteiger partial charge is 0.379 e. The molecule has 3 heterocycles. The molecule has 3 saturated heterocycles. The number of rotatable bonds is 4. The van der Waals surface area contributed by atoms with E-state index in [1.54, 1.807) is 31.1 Å². The van der Waals surface area contributed by atoms with Crippen molar-refractivity contribution in [3.05, 3.63) is 35.6 Å². The number of urea groups is 1.